The van der Waals surface area contributed by atoms with E-state index >= 15 is 0 Å². The van der Waals surface area contributed by atoms with Crippen molar-refractivity contribution >= 4 is 22.4 Å². The van der Waals surface area contributed by atoms with Gasteiger partial charge in [-0.05, 0) is 50.4 Å². The first-order chi connectivity index (χ1) is 10.8. The van der Waals surface area contributed by atoms with Gasteiger partial charge in [-0.1, -0.05) is 6.07 Å². The molecule has 1 aliphatic rings. The summed E-state index contributed by atoms with van der Waals surface area (Å²) in [5.41, 5.74) is 0.937. The van der Waals surface area contributed by atoms with Crippen LogP contribution in [-0.2, 0) is 11.2 Å². The monoisotopic (exact) mass is 316 g/mol. The van der Waals surface area contributed by atoms with Crippen molar-refractivity contribution in [2.75, 3.05) is 18.4 Å². The third-order valence-electron chi connectivity index (χ3n) is 3.85. The zero-order valence-electron chi connectivity index (χ0n) is 12.4. The summed E-state index contributed by atoms with van der Waals surface area (Å²) in [7, 11) is 0. The fourth-order valence-electron chi connectivity index (χ4n) is 2.61. The number of nitrogens with one attached hydrogen (secondary N) is 2. The van der Waals surface area contributed by atoms with Gasteiger partial charge < -0.3 is 10.6 Å². The third kappa shape index (κ3) is 4.11. The molecule has 1 amide bonds. The molecule has 0 aliphatic carbocycles. The van der Waals surface area contributed by atoms with Gasteiger partial charge in [0.2, 0.25) is 5.91 Å². The molecule has 1 saturated heterocycles. The van der Waals surface area contributed by atoms with Crippen molar-refractivity contribution in [2.24, 2.45) is 0 Å². The molecule has 116 valence electrons. The number of piperidine rings is 1. The lowest BCUT2D eigenvalue weighted by atomic mass is 9.97. The topological polar surface area (TPSA) is 66.9 Å². The normalized spacial score (nSPS) is 15.6. The number of anilines is 1. The fourth-order valence-corrected chi connectivity index (χ4v) is 3.61. The SMILES string of the molecule is O=C(CCc1ccccn1)Nc1ncc(C2CCNCC2)s1. The van der Waals surface area contributed by atoms with Gasteiger partial charge in [-0.3, -0.25) is 9.78 Å². The molecule has 2 N–H and O–H groups in total. The van der Waals surface area contributed by atoms with Crippen LogP contribution in [0.1, 0.15) is 35.8 Å². The highest BCUT2D eigenvalue weighted by atomic mass is 32.1. The van der Waals surface area contributed by atoms with Crippen molar-refractivity contribution < 1.29 is 4.79 Å². The number of carbonyl (C=O) groups is 1. The van der Waals surface area contributed by atoms with E-state index in [4.69, 9.17) is 0 Å². The van der Waals surface area contributed by atoms with Gasteiger partial charge in [0.25, 0.3) is 0 Å². The summed E-state index contributed by atoms with van der Waals surface area (Å²) in [6.07, 6.45) is 7.04. The van der Waals surface area contributed by atoms with E-state index in [1.165, 1.54) is 4.88 Å². The van der Waals surface area contributed by atoms with Gasteiger partial charge >= 0.3 is 0 Å². The summed E-state index contributed by atoms with van der Waals surface area (Å²) < 4.78 is 0. The Bertz CT molecular complexity index is 608. The van der Waals surface area contributed by atoms with Crippen LogP contribution in [0.5, 0.6) is 0 Å². The highest BCUT2D eigenvalue weighted by Gasteiger charge is 2.18. The van der Waals surface area contributed by atoms with Gasteiger partial charge in [-0.2, -0.15) is 0 Å². The van der Waals surface area contributed by atoms with Crippen molar-refractivity contribution in [3.05, 3.63) is 41.2 Å². The molecule has 0 aromatic carbocycles. The van der Waals surface area contributed by atoms with E-state index in [0.717, 1.165) is 31.6 Å². The van der Waals surface area contributed by atoms with Crippen molar-refractivity contribution in [3.8, 4) is 0 Å². The maximum atomic E-state index is 12.0. The highest BCUT2D eigenvalue weighted by molar-refractivity contribution is 7.15. The number of rotatable bonds is 5. The van der Waals surface area contributed by atoms with Crippen molar-refractivity contribution in [1.29, 1.82) is 0 Å². The standard InChI is InChI=1S/C16H20N4OS/c21-15(5-4-13-3-1-2-8-18-13)20-16-19-11-14(22-16)12-6-9-17-10-7-12/h1-3,8,11-12,17H,4-7,9-10H2,(H,19,20,21). The molecular weight excluding hydrogens is 296 g/mol. The summed E-state index contributed by atoms with van der Waals surface area (Å²) >= 11 is 1.60. The Morgan fingerprint density at radius 3 is 2.95 bits per heavy atom. The van der Waals surface area contributed by atoms with Gasteiger partial charge in [-0.15, -0.1) is 11.3 Å². The molecule has 1 fully saturated rings. The Kier molecular flexibility index (Phi) is 5.13. The Balaban J connectivity index is 1.50. The van der Waals surface area contributed by atoms with E-state index in [0.29, 0.717) is 23.9 Å². The maximum Gasteiger partial charge on any atom is 0.226 e. The second-order valence-electron chi connectivity index (χ2n) is 5.46. The van der Waals surface area contributed by atoms with E-state index in [2.05, 4.69) is 20.6 Å². The molecule has 2 aromatic rings. The minimum atomic E-state index is -0.00290. The first-order valence-corrected chi connectivity index (χ1v) is 8.49. The van der Waals surface area contributed by atoms with Crippen LogP contribution in [-0.4, -0.2) is 29.0 Å². The van der Waals surface area contributed by atoms with Crippen LogP contribution < -0.4 is 10.6 Å². The van der Waals surface area contributed by atoms with E-state index in [-0.39, 0.29) is 5.91 Å². The van der Waals surface area contributed by atoms with E-state index in [1.54, 1.807) is 17.5 Å². The lowest BCUT2D eigenvalue weighted by Crippen LogP contribution is -2.26. The van der Waals surface area contributed by atoms with Crippen molar-refractivity contribution in [1.82, 2.24) is 15.3 Å². The summed E-state index contributed by atoms with van der Waals surface area (Å²) in [6, 6.07) is 5.75. The summed E-state index contributed by atoms with van der Waals surface area (Å²) in [5.74, 6) is 0.579. The molecule has 1 aliphatic heterocycles. The number of hydrogen-bond donors (Lipinski definition) is 2. The minimum absolute atomic E-state index is 0.00290. The summed E-state index contributed by atoms with van der Waals surface area (Å²) in [4.78, 5) is 21.8. The van der Waals surface area contributed by atoms with Crippen molar-refractivity contribution in [3.63, 3.8) is 0 Å². The molecular formula is C16H20N4OS. The molecule has 5 nitrogen and oxygen atoms in total. The second kappa shape index (κ2) is 7.47. The van der Waals surface area contributed by atoms with Gasteiger partial charge in [0.05, 0.1) is 0 Å². The lowest BCUT2D eigenvalue weighted by Gasteiger charge is -2.20. The Hall–Kier alpha value is -1.79. The Morgan fingerprint density at radius 2 is 2.18 bits per heavy atom. The number of pyridine rings is 1. The number of nitrogens with zero attached hydrogens (tertiary/aromatic N) is 2. The zero-order valence-corrected chi connectivity index (χ0v) is 13.2. The molecule has 3 heterocycles. The number of thiazole rings is 1. The number of aryl methyl sites for hydroxylation is 1. The number of aromatic nitrogens is 2. The molecule has 0 spiro atoms. The molecule has 0 radical (unpaired) electrons. The van der Waals surface area contributed by atoms with Crippen LogP contribution in [0, 0.1) is 0 Å². The van der Waals surface area contributed by atoms with Crippen LogP contribution in [0.2, 0.25) is 0 Å². The first kappa shape index (κ1) is 15.1. The Labute approximate surface area is 134 Å². The number of amides is 1. The van der Waals surface area contributed by atoms with Crippen LogP contribution in [0.3, 0.4) is 0 Å². The second-order valence-corrected chi connectivity index (χ2v) is 6.52. The quantitative estimate of drug-likeness (QED) is 0.890. The molecule has 22 heavy (non-hydrogen) atoms. The Morgan fingerprint density at radius 1 is 1.32 bits per heavy atom. The number of carbonyl (C=O) groups excluding carboxylic acids is 1. The van der Waals surface area contributed by atoms with Gasteiger partial charge in [0.15, 0.2) is 5.13 Å². The van der Waals surface area contributed by atoms with Gasteiger partial charge in [-0.25, -0.2) is 4.98 Å². The van der Waals surface area contributed by atoms with Gasteiger partial charge in [0.1, 0.15) is 0 Å². The average molecular weight is 316 g/mol. The van der Waals surface area contributed by atoms with E-state index < -0.39 is 0 Å². The molecule has 0 atom stereocenters. The predicted molar refractivity (Wildman–Crippen MR) is 88.1 cm³/mol. The first-order valence-electron chi connectivity index (χ1n) is 7.67. The summed E-state index contributed by atoms with van der Waals surface area (Å²) in [5, 5.41) is 6.97. The number of hydrogen-bond acceptors (Lipinski definition) is 5. The zero-order chi connectivity index (χ0) is 15.2. The molecule has 2 aromatic heterocycles. The minimum Gasteiger partial charge on any atom is -0.317 e. The molecule has 6 heteroatoms. The van der Waals surface area contributed by atoms with Crippen LogP contribution in [0.25, 0.3) is 0 Å². The maximum absolute atomic E-state index is 12.0. The van der Waals surface area contributed by atoms with Crippen molar-refractivity contribution in [2.45, 2.75) is 31.6 Å². The molecule has 3 rings (SSSR count). The van der Waals surface area contributed by atoms with Gasteiger partial charge in [0, 0.05) is 29.4 Å². The molecule has 0 bridgehead atoms. The third-order valence-corrected chi connectivity index (χ3v) is 4.92. The lowest BCUT2D eigenvalue weighted by molar-refractivity contribution is -0.116. The fraction of sp³-hybridized carbons (Fsp3) is 0.438. The van der Waals surface area contributed by atoms with E-state index in [1.807, 2.05) is 24.4 Å². The van der Waals surface area contributed by atoms with Crippen LogP contribution in [0.15, 0.2) is 30.6 Å². The molecule has 0 saturated carbocycles. The van der Waals surface area contributed by atoms with E-state index in [9.17, 15) is 4.79 Å². The predicted octanol–water partition coefficient (Wildman–Crippen LogP) is 2.58. The van der Waals surface area contributed by atoms with Crippen LogP contribution >= 0.6 is 11.3 Å². The average Bonchev–Trinajstić information content (AvgIpc) is 3.03. The smallest absolute Gasteiger partial charge is 0.226 e. The highest BCUT2D eigenvalue weighted by Crippen LogP contribution is 2.31. The summed E-state index contributed by atoms with van der Waals surface area (Å²) in [6.45, 7) is 2.13. The van der Waals surface area contributed by atoms with Crippen LogP contribution in [0.4, 0.5) is 5.13 Å². The largest absolute Gasteiger partial charge is 0.317 e. The molecule has 0 unspecified atom stereocenters.